The number of carbonyl (C=O) groups is 3. The molecule has 8 heteroatoms. The molecule has 0 fully saturated rings. The fourth-order valence-corrected chi connectivity index (χ4v) is 3.36. The van der Waals surface area contributed by atoms with Gasteiger partial charge in [0.15, 0.2) is 5.78 Å². The molecule has 1 N–H and O–H groups in total. The summed E-state index contributed by atoms with van der Waals surface area (Å²) in [6.07, 6.45) is -0.506. The zero-order chi connectivity index (χ0) is 18.1. The quantitative estimate of drug-likeness (QED) is 0.841. The minimum atomic E-state index is -0.985. The summed E-state index contributed by atoms with van der Waals surface area (Å²) in [6, 6.07) is 0. The second-order valence-electron chi connectivity index (χ2n) is 6.63. The third-order valence-corrected chi connectivity index (χ3v) is 4.69. The maximum absolute atomic E-state index is 12.3. The van der Waals surface area contributed by atoms with Gasteiger partial charge in [-0.05, 0) is 34.1 Å². The molecular weight excluding hydrogens is 330 g/mol. The van der Waals surface area contributed by atoms with Gasteiger partial charge in [0.05, 0.1) is 17.1 Å². The molecule has 7 nitrogen and oxygen atoms in total. The van der Waals surface area contributed by atoms with Crippen LogP contribution in [0.5, 0.6) is 0 Å². The number of carboxylic acid groups (broad SMARTS) is 1. The number of aliphatic imine (C=N–C) groups is 1. The predicted molar refractivity (Wildman–Crippen MR) is 91.5 cm³/mol. The van der Waals surface area contributed by atoms with E-state index in [2.05, 4.69) is 9.98 Å². The number of carbonyl (C=O) groups excluding carboxylic acids is 2. The summed E-state index contributed by atoms with van der Waals surface area (Å²) in [5.74, 6) is -0.421. The van der Waals surface area contributed by atoms with Crippen molar-refractivity contribution in [1.29, 1.82) is 0 Å². The van der Waals surface area contributed by atoms with E-state index in [1.54, 1.807) is 6.92 Å². The first-order valence-electron chi connectivity index (χ1n) is 7.70. The molecule has 0 spiro atoms. The molecule has 0 radical (unpaired) electrons. The van der Waals surface area contributed by atoms with E-state index in [4.69, 9.17) is 0 Å². The number of hydrogen-bond acceptors (Lipinski definition) is 6. The molecule has 1 amide bonds. The van der Waals surface area contributed by atoms with Crippen LogP contribution in [-0.2, 0) is 0 Å². The van der Waals surface area contributed by atoms with Gasteiger partial charge >= 0.3 is 6.09 Å². The van der Waals surface area contributed by atoms with Gasteiger partial charge in [0.2, 0.25) is 5.78 Å². The Morgan fingerprint density at radius 3 is 2.62 bits per heavy atom. The van der Waals surface area contributed by atoms with E-state index < -0.39 is 11.6 Å². The first-order valence-corrected chi connectivity index (χ1v) is 8.52. The molecule has 0 atom stereocenters. The Hall–Kier alpha value is -2.09. The maximum atomic E-state index is 12.3. The smallest absolute Gasteiger partial charge is 0.407 e. The molecule has 0 saturated carbocycles. The lowest BCUT2D eigenvalue weighted by Gasteiger charge is -2.33. The topological polar surface area (TPSA) is 99.9 Å². The van der Waals surface area contributed by atoms with Crippen LogP contribution in [0.15, 0.2) is 4.99 Å². The van der Waals surface area contributed by atoms with Crippen molar-refractivity contribution in [2.45, 2.75) is 46.1 Å². The second kappa shape index (κ2) is 6.80. The van der Waals surface area contributed by atoms with Crippen molar-refractivity contribution in [3.63, 3.8) is 0 Å². The molecule has 1 aliphatic carbocycles. The number of thiazole rings is 1. The monoisotopic (exact) mass is 351 g/mol. The number of aryl methyl sites for hydroxylation is 1. The summed E-state index contributed by atoms with van der Waals surface area (Å²) in [6.45, 7) is 7.84. The number of rotatable bonds is 4. The highest BCUT2D eigenvalue weighted by Gasteiger charge is 2.32. The zero-order valence-electron chi connectivity index (χ0n) is 14.3. The van der Waals surface area contributed by atoms with Gasteiger partial charge in [-0.3, -0.25) is 14.6 Å². The third kappa shape index (κ3) is 3.87. The Balaban J connectivity index is 2.02. The Bertz CT molecular complexity index is 715. The number of ketones is 2. The van der Waals surface area contributed by atoms with E-state index >= 15 is 0 Å². The van der Waals surface area contributed by atoms with Gasteiger partial charge in [-0.25, -0.2) is 9.78 Å². The summed E-state index contributed by atoms with van der Waals surface area (Å²) in [5, 5.41) is 9.91. The minimum absolute atomic E-state index is 0.00458. The first kappa shape index (κ1) is 18.3. The Kier molecular flexibility index (Phi) is 5.17. The molecule has 0 bridgehead atoms. The van der Waals surface area contributed by atoms with E-state index in [0.717, 1.165) is 0 Å². The van der Waals surface area contributed by atoms with Crippen molar-refractivity contribution in [3.8, 4) is 0 Å². The van der Waals surface area contributed by atoms with E-state index in [1.807, 2.05) is 20.8 Å². The Morgan fingerprint density at radius 1 is 1.38 bits per heavy atom. The first-order chi connectivity index (χ1) is 11.1. The van der Waals surface area contributed by atoms with E-state index in [-0.39, 0.29) is 29.4 Å². The molecule has 130 valence electrons. The summed E-state index contributed by atoms with van der Waals surface area (Å²) < 4.78 is 0. The van der Waals surface area contributed by atoms with E-state index in [9.17, 15) is 19.5 Å². The molecule has 2 rings (SSSR count). The predicted octanol–water partition coefficient (Wildman–Crippen LogP) is 2.83. The van der Waals surface area contributed by atoms with Crippen molar-refractivity contribution in [3.05, 3.63) is 15.6 Å². The molecular formula is C16H21N3O4S. The fourth-order valence-electron chi connectivity index (χ4n) is 2.51. The normalized spacial score (nSPS) is 16.4. The van der Waals surface area contributed by atoms with Crippen LogP contribution in [0.25, 0.3) is 0 Å². The number of aromatic nitrogens is 1. The van der Waals surface area contributed by atoms with Gasteiger partial charge in [-0.2, -0.15) is 0 Å². The summed E-state index contributed by atoms with van der Waals surface area (Å²) in [4.78, 5) is 45.8. The van der Waals surface area contributed by atoms with E-state index in [0.29, 0.717) is 29.4 Å². The van der Waals surface area contributed by atoms with Crippen molar-refractivity contribution < 1.29 is 19.5 Å². The lowest BCUT2D eigenvalue weighted by Crippen LogP contribution is -2.45. The van der Waals surface area contributed by atoms with Crippen LogP contribution in [0.1, 0.15) is 58.8 Å². The lowest BCUT2D eigenvalue weighted by atomic mass is 9.98. The van der Waals surface area contributed by atoms with Crippen LogP contribution < -0.4 is 0 Å². The van der Waals surface area contributed by atoms with Crippen molar-refractivity contribution in [1.82, 2.24) is 9.88 Å². The number of amides is 1. The Labute approximate surface area is 144 Å². The molecule has 0 unspecified atom stereocenters. The average molecular weight is 351 g/mol. The van der Waals surface area contributed by atoms with Crippen molar-refractivity contribution in [2.75, 3.05) is 13.1 Å². The van der Waals surface area contributed by atoms with Gasteiger partial charge < -0.3 is 10.0 Å². The number of fused-ring (bicyclic) bond motifs is 1. The number of nitrogens with zero attached hydrogens (tertiary/aromatic N) is 3. The Morgan fingerprint density at radius 2 is 2.04 bits per heavy atom. The third-order valence-electron chi connectivity index (χ3n) is 3.68. The number of hydrogen-bond donors (Lipinski definition) is 1. The molecule has 1 heterocycles. The summed E-state index contributed by atoms with van der Waals surface area (Å²) in [5.41, 5.74) is -0.0763. The molecule has 1 aliphatic rings. The van der Waals surface area contributed by atoms with Crippen LogP contribution in [-0.4, -0.2) is 57.0 Å². The van der Waals surface area contributed by atoms with Crippen LogP contribution >= 0.6 is 11.3 Å². The van der Waals surface area contributed by atoms with Gasteiger partial charge in [0, 0.05) is 18.6 Å². The van der Waals surface area contributed by atoms with Crippen LogP contribution in [0, 0.1) is 6.92 Å². The summed E-state index contributed by atoms with van der Waals surface area (Å²) >= 11 is 1.23. The molecule has 0 saturated heterocycles. The highest BCUT2D eigenvalue weighted by Crippen LogP contribution is 2.25. The molecule has 1 aromatic rings. The SMILES string of the molecule is Cc1nc2c(s1)C(=O)CC(=NCCCN(C(=O)O)C(C)(C)C)C2=O. The zero-order valence-corrected chi connectivity index (χ0v) is 15.1. The second-order valence-corrected chi connectivity index (χ2v) is 7.83. The van der Waals surface area contributed by atoms with Crippen molar-refractivity contribution >= 4 is 34.7 Å². The molecule has 24 heavy (non-hydrogen) atoms. The highest BCUT2D eigenvalue weighted by atomic mass is 32.1. The van der Waals surface area contributed by atoms with Crippen LogP contribution in [0.2, 0.25) is 0 Å². The van der Waals surface area contributed by atoms with Gasteiger partial charge in [0.1, 0.15) is 10.6 Å². The summed E-state index contributed by atoms with van der Waals surface area (Å²) in [7, 11) is 0. The lowest BCUT2D eigenvalue weighted by molar-refractivity contribution is 0.0966. The highest BCUT2D eigenvalue weighted by molar-refractivity contribution is 7.14. The standard InChI is InChI=1S/C16H21N3O4S/c1-9-18-12-13(21)10(8-11(20)14(12)24-9)17-6-5-7-19(15(22)23)16(2,3)4/h5-8H2,1-4H3,(H,22,23). The van der Waals surface area contributed by atoms with Gasteiger partial charge in [-0.1, -0.05) is 0 Å². The largest absolute Gasteiger partial charge is 0.465 e. The fraction of sp³-hybridized carbons (Fsp3) is 0.562. The van der Waals surface area contributed by atoms with Crippen LogP contribution in [0.3, 0.4) is 0 Å². The minimum Gasteiger partial charge on any atom is -0.465 e. The van der Waals surface area contributed by atoms with E-state index in [1.165, 1.54) is 16.2 Å². The number of Topliss-reactive ketones (excluding diaryl/α,β-unsaturated/α-hetero) is 2. The average Bonchev–Trinajstić information content (AvgIpc) is 2.84. The van der Waals surface area contributed by atoms with Crippen LogP contribution in [0.4, 0.5) is 4.79 Å². The molecule has 0 aromatic carbocycles. The van der Waals surface area contributed by atoms with Gasteiger partial charge in [-0.15, -0.1) is 11.3 Å². The molecule has 0 aliphatic heterocycles. The van der Waals surface area contributed by atoms with Crippen molar-refractivity contribution in [2.24, 2.45) is 4.99 Å². The van der Waals surface area contributed by atoms with Gasteiger partial charge in [0.25, 0.3) is 0 Å². The molecule has 1 aromatic heterocycles. The maximum Gasteiger partial charge on any atom is 0.407 e.